The minimum Gasteiger partial charge on any atom is -0.320 e. The van der Waals surface area contributed by atoms with E-state index < -0.39 is 0 Å². The first-order valence-electron chi connectivity index (χ1n) is 13.3. The Balaban J connectivity index is 1.97. The van der Waals surface area contributed by atoms with Crippen LogP contribution in [0, 0.1) is 0 Å². The predicted molar refractivity (Wildman–Crippen MR) is 136 cm³/mol. The molecular formula is C29H54N+. The van der Waals surface area contributed by atoms with Gasteiger partial charge in [-0.05, 0) is 26.7 Å². The monoisotopic (exact) mass is 416 g/mol. The Morgan fingerprint density at radius 2 is 0.933 bits per heavy atom. The third kappa shape index (κ3) is 11.0. The molecule has 1 heteroatoms. The van der Waals surface area contributed by atoms with E-state index in [4.69, 9.17) is 0 Å². The van der Waals surface area contributed by atoms with Crippen molar-refractivity contribution in [1.29, 1.82) is 0 Å². The van der Waals surface area contributed by atoms with Gasteiger partial charge in [0.2, 0.25) is 0 Å². The second-order valence-electron chi connectivity index (χ2n) is 10.6. The van der Waals surface area contributed by atoms with Gasteiger partial charge < -0.3 is 4.48 Å². The minimum absolute atomic E-state index is 0.163. The van der Waals surface area contributed by atoms with Gasteiger partial charge >= 0.3 is 0 Å². The van der Waals surface area contributed by atoms with E-state index in [1.807, 2.05) is 0 Å². The maximum absolute atomic E-state index is 2.40. The molecule has 1 nitrogen and oxygen atoms in total. The SMILES string of the molecule is CCCCCCCCCCCCCCCCCC[N+](C)(C)C(C)(C)c1ccccc1. The van der Waals surface area contributed by atoms with Crippen LogP contribution >= 0.6 is 0 Å². The highest BCUT2D eigenvalue weighted by molar-refractivity contribution is 5.20. The third-order valence-electron chi connectivity index (χ3n) is 7.56. The van der Waals surface area contributed by atoms with Crippen LogP contribution in [0.25, 0.3) is 0 Å². The van der Waals surface area contributed by atoms with Crippen molar-refractivity contribution in [2.45, 2.75) is 129 Å². The second-order valence-corrected chi connectivity index (χ2v) is 10.6. The molecule has 30 heavy (non-hydrogen) atoms. The predicted octanol–water partition coefficient (Wildman–Crippen LogP) is 9.26. The van der Waals surface area contributed by atoms with Crippen molar-refractivity contribution < 1.29 is 4.48 Å². The molecule has 0 aliphatic heterocycles. The van der Waals surface area contributed by atoms with E-state index in [9.17, 15) is 0 Å². The molecule has 0 atom stereocenters. The molecule has 0 fully saturated rings. The first-order chi connectivity index (χ1) is 14.4. The summed E-state index contributed by atoms with van der Waals surface area (Å²) < 4.78 is 1.07. The largest absolute Gasteiger partial charge is 0.320 e. The molecule has 0 N–H and O–H groups in total. The summed E-state index contributed by atoms with van der Waals surface area (Å²) in [7, 11) is 4.80. The van der Waals surface area contributed by atoms with E-state index in [-0.39, 0.29) is 5.54 Å². The van der Waals surface area contributed by atoms with E-state index in [0.717, 1.165) is 4.48 Å². The Labute approximate surface area is 190 Å². The summed E-state index contributed by atoms with van der Waals surface area (Å²) in [4.78, 5) is 0. The average Bonchev–Trinajstić information content (AvgIpc) is 2.74. The summed E-state index contributed by atoms with van der Waals surface area (Å²) >= 11 is 0. The molecular weight excluding hydrogens is 362 g/mol. The Morgan fingerprint density at radius 3 is 1.33 bits per heavy atom. The highest BCUT2D eigenvalue weighted by Crippen LogP contribution is 2.32. The smallest absolute Gasteiger partial charge is 0.119 e. The number of hydrogen-bond acceptors (Lipinski definition) is 0. The average molecular weight is 417 g/mol. The van der Waals surface area contributed by atoms with E-state index in [0.29, 0.717) is 0 Å². The van der Waals surface area contributed by atoms with Crippen LogP contribution in [-0.4, -0.2) is 25.1 Å². The van der Waals surface area contributed by atoms with Crippen molar-refractivity contribution in [3.63, 3.8) is 0 Å². The summed E-state index contributed by atoms with van der Waals surface area (Å²) in [6.45, 7) is 8.36. The Kier molecular flexibility index (Phi) is 14.4. The number of hydrogen-bond donors (Lipinski definition) is 0. The topological polar surface area (TPSA) is 0 Å². The Bertz CT molecular complexity index is 502. The molecule has 0 aromatic heterocycles. The Hall–Kier alpha value is -0.820. The van der Waals surface area contributed by atoms with Gasteiger partial charge in [-0.25, -0.2) is 0 Å². The molecule has 0 aliphatic rings. The van der Waals surface area contributed by atoms with Crippen molar-refractivity contribution in [3.8, 4) is 0 Å². The minimum atomic E-state index is 0.163. The van der Waals surface area contributed by atoms with Crippen molar-refractivity contribution in [3.05, 3.63) is 35.9 Å². The number of benzene rings is 1. The van der Waals surface area contributed by atoms with Crippen LogP contribution in [0.15, 0.2) is 30.3 Å². The Morgan fingerprint density at radius 1 is 0.567 bits per heavy atom. The molecule has 0 spiro atoms. The lowest BCUT2D eigenvalue weighted by molar-refractivity contribution is -0.945. The molecule has 0 saturated carbocycles. The standard InChI is InChI=1S/C29H54N/c1-6-7-8-9-10-11-12-13-14-15-16-17-18-19-20-24-27-30(4,5)29(2,3)28-25-22-21-23-26-28/h21-23,25-26H,6-20,24,27H2,1-5H3/q+1. The molecule has 0 aliphatic carbocycles. The fourth-order valence-electron chi connectivity index (χ4n) is 4.53. The number of rotatable bonds is 19. The van der Waals surface area contributed by atoms with Crippen LogP contribution in [0.5, 0.6) is 0 Å². The molecule has 0 bridgehead atoms. The lowest BCUT2D eigenvalue weighted by Gasteiger charge is -2.45. The van der Waals surface area contributed by atoms with Crippen LogP contribution in [0.2, 0.25) is 0 Å². The summed E-state index contributed by atoms with van der Waals surface area (Å²) in [6.07, 6.45) is 23.0. The maximum atomic E-state index is 2.40. The molecule has 0 amide bonds. The highest BCUT2D eigenvalue weighted by atomic mass is 15.4. The fraction of sp³-hybridized carbons (Fsp3) is 0.793. The molecule has 1 rings (SSSR count). The van der Waals surface area contributed by atoms with Crippen molar-refractivity contribution in [2.75, 3.05) is 20.6 Å². The van der Waals surface area contributed by atoms with Crippen molar-refractivity contribution in [2.24, 2.45) is 0 Å². The lowest BCUT2D eigenvalue weighted by Crippen LogP contribution is -2.54. The van der Waals surface area contributed by atoms with E-state index in [1.165, 1.54) is 115 Å². The van der Waals surface area contributed by atoms with E-state index in [1.54, 1.807) is 0 Å². The zero-order valence-electron chi connectivity index (χ0n) is 21.4. The second kappa shape index (κ2) is 15.9. The lowest BCUT2D eigenvalue weighted by atomic mass is 9.90. The molecule has 0 radical (unpaired) electrons. The first kappa shape index (κ1) is 27.2. The molecule has 0 heterocycles. The zero-order chi connectivity index (χ0) is 22.1. The van der Waals surface area contributed by atoms with Gasteiger partial charge in [0, 0.05) is 5.56 Å². The van der Waals surface area contributed by atoms with Gasteiger partial charge in [-0.1, -0.05) is 127 Å². The molecule has 0 saturated heterocycles. The van der Waals surface area contributed by atoms with Crippen LogP contribution in [-0.2, 0) is 5.54 Å². The van der Waals surface area contributed by atoms with Crippen LogP contribution < -0.4 is 0 Å². The van der Waals surface area contributed by atoms with Gasteiger partial charge in [0.25, 0.3) is 0 Å². The number of unbranched alkanes of at least 4 members (excludes halogenated alkanes) is 15. The summed E-state index contributed by atoms with van der Waals surface area (Å²) in [6, 6.07) is 11.0. The van der Waals surface area contributed by atoms with E-state index >= 15 is 0 Å². The fourth-order valence-corrected chi connectivity index (χ4v) is 4.53. The van der Waals surface area contributed by atoms with Gasteiger partial charge in [-0.15, -0.1) is 0 Å². The third-order valence-corrected chi connectivity index (χ3v) is 7.56. The quantitative estimate of drug-likeness (QED) is 0.156. The normalized spacial score (nSPS) is 12.4. The van der Waals surface area contributed by atoms with Gasteiger partial charge in [0.05, 0.1) is 20.6 Å². The molecule has 174 valence electrons. The van der Waals surface area contributed by atoms with Crippen molar-refractivity contribution in [1.82, 2.24) is 0 Å². The number of nitrogens with zero attached hydrogens (tertiary/aromatic N) is 1. The van der Waals surface area contributed by atoms with Crippen LogP contribution in [0.4, 0.5) is 0 Å². The van der Waals surface area contributed by atoms with Gasteiger partial charge in [0.1, 0.15) is 5.54 Å². The van der Waals surface area contributed by atoms with Gasteiger partial charge in [-0.2, -0.15) is 0 Å². The maximum Gasteiger partial charge on any atom is 0.119 e. The van der Waals surface area contributed by atoms with E-state index in [2.05, 4.69) is 65.2 Å². The molecule has 0 unspecified atom stereocenters. The summed E-state index contributed by atoms with van der Waals surface area (Å²) in [5.74, 6) is 0. The van der Waals surface area contributed by atoms with Crippen molar-refractivity contribution >= 4 is 0 Å². The summed E-state index contributed by atoms with van der Waals surface area (Å²) in [5, 5.41) is 0. The van der Waals surface area contributed by atoms with Gasteiger partial charge in [-0.3, -0.25) is 0 Å². The van der Waals surface area contributed by atoms with Crippen LogP contribution in [0.1, 0.15) is 129 Å². The highest BCUT2D eigenvalue weighted by Gasteiger charge is 2.37. The zero-order valence-corrected chi connectivity index (χ0v) is 21.4. The summed E-state index contributed by atoms with van der Waals surface area (Å²) in [5.41, 5.74) is 1.61. The van der Waals surface area contributed by atoms with Crippen LogP contribution in [0.3, 0.4) is 0 Å². The first-order valence-corrected chi connectivity index (χ1v) is 13.3. The number of quaternary nitrogens is 1. The van der Waals surface area contributed by atoms with Gasteiger partial charge in [0.15, 0.2) is 0 Å². The molecule has 1 aromatic carbocycles. The molecule has 1 aromatic rings.